The summed E-state index contributed by atoms with van der Waals surface area (Å²) in [6.45, 7) is -0.889. The lowest BCUT2D eigenvalue weighted by Gasteiger charge is -2.31. The zero-order valence-electron chi connectivity index (χ0n) is 17.1. The molecule has 0 aromatic heterocycles. The standard InChI is InChI=1S/C22H21F3N2O5/c1-31-17-9-5-2-6-14(17)10-11-21(30)32-13-20(29)27-16-8-4-3-7-15(16)26-19(28)12-18(27)22(23,24)25/h2-9,18H,10-13H2,1H3,(H,26,28). The van der Waals surface area contributed by atoms with Crippen molar-refractivity contribution < 1.29 is 37.0 Å². The van der Waals surface area contributed by atoms with E-state index in [9.17, 15) is 27.6 Å². The van der Waals surface area contributed by atoms with Crippen molar-refractivity contribution >= 4 is 29.2 Å². The summed E-state index contributed by atoms with van der Waals surface area (Å²) in [6, 6.07) is 10.3. The number of amides is 2. The highest BCUT2D eigenvalue weighted by molar-refractivity contribution is 6.05. The molecule has 1 atom stereocenters. The molecule has 170 valence electrons. The second-order valence-electron chi connectivity index (χ2n) is 7.06. The van der Waals surface area contributed by atoms with Gasteiger partial charge in [0.1, 0.15) is 11.8 Å². The monoisotopic (exact) mass is 450 g/mol. The van der Waals surface area contributed by atoms with Crippen LogP contribution in [0.3, 0.4) is 0 Å². The van der Waals surface area contributed by atoms with Crippen molar-refractivity contribution in [3.05, 3.63) is 54.1 Å². The number of hydrogen-bond acceptors (Lipinski definition) is 5. The third-order valence-corrected chi connectivity index (χ3v) is 4.92. The van der Waals surface area contributed by atoms with Gasteiger partial charge in [0.15, 0.2) is 6.61 Å². The minimum absolute atomic E-state index is 0.0695. The molecule has 1 N–H and O–H groups in total. The Labute approximate surface area is 182 Å². The molecule has 1 heterocycles. The number of methoxy groups -OCH3 is 1. The Morgan fingerprint density at radius 2 is 1.81 bits per heavy atom. The first-order chi connectivity index (χ1) is 15.2. The largest absolute Gasteiger partial charge is 0.496 e. The number of benzene rings is 2. The van der Waals surface area contributed by atoms with Crippen LogP contribution in [0, 0.1) is 0 Å². The van der Waals surface area contributed by atoms with E-state index in [1.54, 1.807) is 24.3 Å². The quantitative estimate of drug-likeness (QED) is 0.682. The minimum Gasteiger partial charge on any atom is -0.496 e. The zero-order chi connectivity index (χ0) is 23.3. The number of halogens is 3. The number of ether oxygens (including phenoxy) is 2. The molecule has 7 nitrogen and oxygen atoms in total. The average Bonchev–Trinajstić information content (AvgIpc) is 2.91. The van der Waals surface area contributed by atoms with E-state index in [2.05, 4.69) is 5.32 Å². The molecular weight excluding hydrogens is 429 g/mol. The highest BCUT2D eigenvalue weighted by Crippen LogP contribution is 2.37. The van der Waals surface area contributed by atoms with E-state index >= 15 is 0 Å². The summed E-state index contributed by atoms with van der Waals surface area (Å²) >= 11 is 0. The van der Waals surface area contributed by atoms with Gasteiger partial charge in [-0.1, -0.05) is 30.3 Å². The average molecular weight is 450 g/mol. The molecule has 1 unspecified atom stereocenters. The molecule has 1 aliphatic rings. The van der Waals surface area contributed by atoms with Crippen LogP contribution in [0.5, 0.6) is 5.75 Å². The molecule has 0 saturated carbocycles. The lowest BCUT2D eigenvalue weighted by Crippen LogP contribution is -2.51. The van der Waals surface area contributed by atoms with E-state index in [1.165, 1.54) is 31.4 Å². The van der Waals surface area contributed by atoms with Crippen LogP contribution >= 0.6 is 0 Å². The van der Waals surface area contributed by atoms with Crippen molar-refractivity contribution in [2.24, 2.45) is 0 Å². The molecular formula is C22H21F3N2O5. The molecule has 2 aromatic carbocycles. The second kappa shape index (κ2) is 9.71. The van der Waals surface area contributed by atoms with Crippen LogP contribution in [0.4, 0.5) is 24.5 Å². The van der Waals surface area contributed by atoms with Crippen LogP contribution in [0.25, 0.3) is 0 Å². The lowest BCUT2D eigenvalue weighted by molar-refractivity contribution is -0.160. The number of rotatable bonds is 6. The summed E-state index contributed by atoms with van der Waals surface area (Å²) in [5, 5.41) is 2.37. The molecule has 0 bridgehead atoms. The van der Waals surface area contributed by atoms with E-state index in [0.717, 1.165) is 5.56 Å². The highest BCUT2D eigenvalue weighted by atomic mass is 19.4. The Morgan fingerprint density at radius 3 is 2.53 bits per heavy atom. The fourth-order valence-corrected chi connectivity index (χ4v) is 3.43. The predicted octanol–water partition coefficient (Wildman–Crippen LogP) is 3.48. The molecule has 2 amide bonds. The smallest absolute Gasteiger partial charge is 0.409 e. The Kier molecular flexibility index (Phi) is 7.01. The van der Waals surface area contributed by atoms with Gasteiger partial charge in [0.05, 0.1) is 24.9 Å². The third kappa shape index (κ3) is 5.37. The van der Waals surface area contributed by atoms with Gasteiger partial charge >= 0.3 is 12.1 Å². The maximum Gasteiger partial charge on any atom is 0.409 e. The molecule has 0 spiro atoms. The van der Waals surface area contributed by atoms with Gasteiger partial charge in [-0.05, 0) is 30.2 Å². The molecule has 1 aliphatic heterocycles. The van der Waals surface area contributed by atoms with Gasteiger partial charge in [0.25, 0.3) is 5.91 Å². The van der Waals surface area contributed by atoms with Gasteiger partial charge in [0.2, 0.25) is 5.91 Å². The molecule has 10 heteroatoms. The van der Waals surface area contributed by atoms with Crippen molar-refractivity contribution in [1.82, 2.24) is 0 Å². The Bertz CT molecular complexity index is 1010. The van der Waals surface area contributed by atoms with Gasteiger partial charge in [-0.3, -0.25) is 19.3 Å². The lowest BCUT2D eigenvalue weighted by atomic mass is 10.1. The van der Waals surface area contributed by atoms with Crippen LogP contribution in [0.2, 0.25) is 0 Å². The number of carbonyl (C=O) groups excluding carboxylic acids is 3. The Hall–Kier alpha value is -3.56. The summed E-state index contributed by atoms with van der Waals surface area (Å²) < 4.78 is 51.2. The summed E-state index contributed by atoms with van der Waals surface area (Å²) in [5.41, 5.74) is 0.706. The number of aryl methyl sites for hydroxylation is 1. The minimum atomic E-state index is -4.86. The van der Waals surface area contributed by atoms with Crippen molar-refractivity contribution in [2.75, 3.05) is 23.9 Å². The number of alkyl halides is 3. The maximum atomic E-state index is 13.7. The number of esters is 1. The molecule has 0 radical (unpaired) electrons. The van der Waals surface area contributed by atoms with Crippen molar-refractivity contribution in [2.45, 2.75) is 31.5 Å². The van der Waals surface area contributed by atoms with Crippen molar-refractivity contribution in [3.63, 3.8) is 0 Å². The van der Waals surface area contributed by atoms with E-state index in [4.69, 9.17) is 9.47 Å². The van der Waals surface area contributed by atoms with Crippen LogP contribution < -0.4 is 15.0 Å². The highest BCUT2D eigenvalue weighted by Gasteiger charge is 2.49. The fourth-order valence-electron chi connectivity index (χ4n) is 3.43. The predicted molar refractivity (Wildman–Crippen MR) is 109 cm³/mol. The fraction of sp³-hybridized carbons (Fsp3) is 0.318. The second-order valence-corrected chi connectivity index (χ2v) is 7.06. The SMILES string of the molecule is COc1ccccc1CCC(=O)OCC(=O)N1c2ccccc2NC(=O)CC1C(F)(F)F. The van der Waals surface area contributed by atoms with E-state index in [-0.39, 0.29) is 24.2 Å². The van der Waals surface area contributed by atoms with Crippen molar-refractivity contribution in [1.29, 1.82) is 0 Å². The molecule has 3 rings (SSSR count). The van der Waals surface area contributed by atoms with E-state index < -0.39 is 43.0 Å². The molecule has 32 heavy (non-hydrogen) atoms. The molecule has 0 saturated heterocycles. The number of hydrogen-bond donors (Lipinski definition) is 1. The molecule has 0 aliphatic carbocycles. The van der Waals surface area contributed by atoms with Gasteiger partial charge in [0, 0.05) is 6.42 Å². The topological polar surface area (TPSA) is 84.9 Å². The Morgan fingerprint density at radius 1 is 1.12 bits per heavy atom. The van der Waals surface area contributed by atoms with Crippen LogP contribution in [-0.4, -0.2) is 43.7 Å². The number of nitrogens with zero attached hydrogens (tertiary/aromatic N) is 1. The zero-order valence-corrected chi connectivity index (χ0v) is 17.1. The summed E-state index contributed by atoms with van der Waals surface area (Å²) in [7, 11) is 1.49. The van der Waals surface area contributed by atoms with Gasteiger partial charge < -0.3 is 14.8 Å². The first kappa shape index (κ1) is 23.1. The summed E-state index contributed by atoms with van der Waals surface area (Å²) in [4.78, 5) is 37.3. The van der Waals surface area contributed by atoms with Crippen LogP contribution in [-0.2, 0) is 25.5 Å². The van der Waals surface area contributed by atoms with Crippen LogP contribution in [0.1, 0.15) is 18.4 Å². The van der Waals surface area contributed by atoms with E-state index in [1.807, 2.05) is 0 Å². The van der Waals surface area contributed by atoms with Crippen molar-refractivity contribution in [3.8, 4) is 5.75 Å². The number of anilines is 2. The molecule has 2 aromatic rings. The first-order valence-corrected chi connectivity index (χ1v) is 9.76. The van der Waals surface area contributed by atoms with Gasteiger partial charge in [-0.2, -0.15) is 13.2 Å². The number of carbonyl (C=O) groups is 3. The van der Waals surface area contributed by atoms with Gasteiger partial charge in [-0.25, -0.2) is 0 Å². The Balaban J connectivity index is 1.71. The number of nitrogens with one attached hydrogen (secondary N) is 1. The summed E-state index contributed by atoms with van der Waals surface area (Å²) in [6.07, 6.45) is -5.65. The van der Waals surface area contributed by atoms with E-state index in [0.29, 0.717) is 10.6 Å². The third-order valence-electron chi connectivity index (χ3n) is 4.92. The number of para-hydroxylation sites is 3. The van der Waals surface area contributed by atoms with Crippen LogP contribution in [0.15, 0.2) is 48.5 Å². The maximum absolute atomic E-state index is 13.7. The van der Waals surface area contributed by atoms with Gasteiger partial charge in [-0.15, -0.1) is 0 Å². The normalized spacial score (nSPS) is 15.9. The summed E-state index contributed by atoms with van der Waals surface area (Å²) in [5.74, 6) is -2.11. The number of fused-ring (bicyclic) bond motifs is 1. The molecule has 0 fully saturated rings. The first-order valence-electron chi connectivity index (χ1n) is 9.76.